The fraction of sp³-hybridized carbons (Fsp3) is 0.300. The molecule has 28 heavy (non-hydrogen) atoms. The zero-order chi connectivity index (χ0) is 20.3. The first-order valence-corrected chi connectivity index (χ1v) is 8.95. The monoisotopic (exact) mass is 383 g/mol. The number of carbonyl (C=O) groups excluding carboxylic acids is 2. The van der Waals surface area contributed by atoms with Gasteiger partial charge in [0.25, 0.3) is 5.69 Å². The van der Waals surface area contributed by atoms with Crippen molar-refractivity contribution in [2.75, 3.05) is 23.9 Å². The number of nitro benzene ring substituents is 1. The number of nitro groups is 1. The largest absolute Gasteiger partial charge is 0.497 e. The SMILES string of the molecule is CCc1ccc(N2C[C@H](C(=O)Nc3cc(OC)ccc3[N+](=O)[O-])CC2=O)cc1. The van der Waals surface area contributed by atoms with Crippen LogP contribution in [0, 0.1) is 16.0 Å². The van der Waals surface area contributed by atoms with Crippen LogP contribution >= 0.6 is 0 Å². The molecule has 8 nitrogen and oxygen atoms in total. The first kappa shape index (κ1) is 19.3. The number of methoxy groups -OCH3 is 1. The quantitative estimate of drug-likeness (QED) is 0.610. The van der Waals surface area contributed by atoms with Crippen molar-refractivity contribution in [1.29, 1.82) is 0 Å². The van der Waals surface area contributed by atoms with Gasteiger partial charge in [-0.25, -0.2) is 0 Å². The van der Waals surface area contributed by atoms with E-state index in [4.69, 9.17) is 4.74 Å². The summed E-state index contributed by atoms with van der Waals surface area (Å²) in [5.74, 6) is -0.785. The number of nitrogens with one attached hydrogen (secondary N) is 1. The van der Waals surface area contributed by atoms with Crippen LogP contribution in [0.2, 0.25) is 0 Å². The van der Waals surface area contributed by atoms with Crippen LogP contribution in [-0.4, -0.2) is 30.4 Å². The summed E-state index contributed by atoms with van der Waals surface area (Å²) in [5.41, 5.74) is 1.72. The zero-order valence-corrected chi connectivity index (χ0v) is 15.7. The van der Waals surface area contributed by atoms with Gasteiger partial charge in [-0.1, -0.05) is 19.1 Å². The van der Waals surface area contributed by atoms with Crippen LogP contribution in [-0.2, 0) is 16.0 Å². The van der Waals surface area contributed by atoms with Gasteiger partial charge < -0.3 is 15.0 Å². The average molecular weight is 383 g/mol. The molecule has 3 rings (SSSR count). The minimum Gasteiger partial charge on any atom is -0.497 e. The molecule has 0 aromatic heterocycles. The Balaban J connectivity index is 1.75. The van der Waals surface area contributed by atoms with Crippen molar-refractivity contribution in [3.05, 3.63) is 58.1 Å². The second-order valence-corrected chi connectivity index (χ2v) is 6.55. The van der Waals surface area contributed by atoms with Crippen molar-refractivity contribution in [3.63, 3.8) is 0 Å². The molecule has 1 aliphatic rings. The van der Waals surface area contributed by atoms with E-state index >= 15 is 0 Å². The summed E-state index contributed by atoms with van der Waals surface area (Å²) in [6.45, 7) is 2.28. The smallest absolute Gasteiger partial charge is 0.293 e. The topological polar surface area (TPSA) is 102 Å². The molecule has 0 spiro atoms. The molecule has 0 radical (unpaired) electrons. The lowest BCUT2D eigenvalue weighted by Gasteiger charge is -2.17. The third kappa shape index (κ3) is 3.95. The molecular formula is C20H21N3O5. The Kier molecular flexibility index (Phi) is 5.58. The Morgan fingerprint density at radius 1 is 1.29 bits per heavy atom. The van der Waals surface area contributed by atoms with Gasteiger partial charge in [0.1, 0.15) is 11.4 Å². The van der Waals surface area contributed by atoms with Crippen molar-refractivity contribution < 1.29 is 19.2 Å². The maximum absolute atomic E-state index is 12.7. The maximum Gasteiger partial charge on any atom is 0.293 e. The summed E-state index contributed by atoms with van der Waals surface area (Å²) in [4.78, 5) is 37.3. The highest BCUT2D eigenvalue weighted by Gasteiger charge is 2.35. The van der Waals surface area contributed by atoms with Gasteiger partial charge in [0.15, 0.2) is 0 Å². The van der Waals surface area contributed by atoms with Crippen LogP contribution in [0.1, 0.15) is 18.9 Å². The summed E-state index contributed by atoms with van der Waals surface area (Å²) in [5, 5.41) is 13.8. The number of aryl methyl sites for hydroxylation is 1. The van der Waals surface area contributed by atoms with Crippen LogP contribution in [0.15, 0.2) is 42.5 Å². The normalized spacial score (nSPS) is 16.1. The van der Waals surface area contributed by atoms with E-state index in [1.165, 1.54) is 25.3 Å². The third-order valence-corrected chi connectivity index (χ3v) is 4.81. The minimum atomic E-state index is -0.593. The fourth-order valence-electron chi connectivity index (χ4n) is 3.18. The number of carbonyl (C=O) groups is 2. The van der Waals surface area contributed by atoms with E-state index in [0.29, 0.717) is 5.75 Å². The molecule has 146 valence electrons. The molecule has 1 atom stereocenters. The van der Waals surface area contributed by atoms with Gasteiger partial charge in [-0.05, 0) is 30.2 Å². The van der Waals surface area contributed by atoms with Crippen LogP contribution in [0.5, 0.6) is 5.75 Å². The number of benzene rings is 2. The molecule has 8 heteroatoms. The number of anilines is 2. The highest BCUT2D eigenvalue weighted by molar-refractivity contribution is 6.04. The molecule has 2 aromatic carbocycles. The van der Waals surface area contributed by atoms with Crippen LogP contribution in [0.25, 0.3) is 0 Å². The maximum atomic E-state index is 12.7. The Morgan fingerprint density at radius 3 is 2.61 bits per heavy atom. The molecule has 2 amide bonds. The number of nitrogens with zero attached hydrogens (tertiary/aromatic N) is 2. The van der Waals surface area contributed by atoms with Crippen molar-refractivity contribution >= 4 is 28.9 Å². The standard InChI is InChI=1S/C20H21N3O5/c1-3-13-4-6-15(7-5-13)22-12-14(10-19(22)24)20(25)21-17-11-16(28-2)8-9-18(17)23(26)27/h4-9,11,14H,3,10,12H2,1-2H3,(H,21,25)/t14-/m1/s1. The van der Waals surface area contributed by atoms with Crippen molar-refractivity contribution in [2.45, 2.75) is 19.8 Å². The third-order valence-electron chi connectivity index (χ3n) is 4.81. The lowest BCUT2D eigenvalue weighted by Crippen LogP contribution is -2.28. The molecule has 1 fully saturated rings. The molecule has 1 N–H and O–H groups in total. The van der Waals surface area contributed by atoms with Crippen molar-refractivity contribution in [3.8, 4) is 5.75 Å². The number of hydrogen-bond donors (Lipinski definition) is 1. The van der Waals surface area contributed by atoms with E-state index in [1.807, 2.05) is 31.2 Å². The second kappa shape index (κ2) is 8.08. The first-order chi connectivity index (χ1) is 13.4. The van der Waals surface area contributed by atoms with Gasteiger partial charge in [0, 0.05) is 30.8 Å². The lowest BCUT2D eigenvalue weighted by atomic mass is 10.1. The number of rotatable bonds is 6. The molecule has 1 aliphatic heterocycles. The first-order valence-electron chi connectivity index (χ1n) is 8.95. The fourth-order valence-corrected chi connectivity index (χ4v) is 3.18. The van der Waals surface area contributed by atoms with Crippen molar-refractivity contribution in [1.82, 2.24) is 0 Å². The predicted octanol–water partition coefficient (Wildman–Crippen LogP) is 3.16. The van der Waals surface area contributed by atoms with Crippen LogP contribution < -0.4 is 15.0 Å². The number of hydrogen-bond acceptors (Lipinski definition) is 5. The van der Waals surface area contributed by atoms with Gasteiger partial charge in [-0.3, -0.25) is 19.7 Å². The molecule has 0 aliphatic carbocycles. The van der Waals surface area contributed by atoms with Gasteiger partial charge in [0.05, 0.1) is 18.0 Å². The van der Waals surface area contributed by atoms with E-state index in [-0.39, 0.29) is 30.2 Å². The molecular weight excluding hydrogens is 362 g/mol. The minimum absolute atomic E-state index is 0.0487. The number of ether oxygens (including phenoxy) is 1. The molecule has 1 saturated heterocycles. The van der Waals surface area contributed by atoms with E-state index < -0.39 is 16.7 Å². The number of amides is 2. The van der Waals surface area contributed by atoms with Gasteiger partial charge in [0.2, 0.25) is 11.8 Å². The van der Waals surface area contributed by atoms with Gasteiger partial charge in [-0.15, -0.1) is 0 Å². The second-order valence-electron chi connectivity index (χ2n) is 6.55. The summed E-state index contributed by atoms with van der Waals surface area (Å²) < 4.78 is 5.07. The Labute approximate surface area is 162 Å². The Bertz CT molecular complexity index is 911. The van der Waals surface area contributed by atoms with E-state index in [9.17, 15) is 19.7 Å². The average Bonchev–Trinajstić information content (AvgIpc) is 3.09. The van der Waals surface area contributed by atoms with Crippen LogP contribution in [0.4, 0.5) is 17.1 Å². The van der Waals surface area contributed by atoms with Gasteiger partial charge >= 0.3 is 0 Å². The van der Waals surface area contributed by atoms with E-state index in [1.54, 1.807) is 4.90 Å². The Hall–Kier alpha value is -3.42. The summed E-state index contributed by atoms with van der Waals surface area (Å²) in [7, 11) is 1.43. The molecule has 1 heterocycles. The molecule has 2 aromatic rings. The van der Waals surface area contributed by atoms with Crippen LogP contribution in [0.3, 0.4) is 0 Å². The molecule has 0 bridgehead atoms. The predicted molar refractivity (Wildman–Crippen MR) is 105 cm³/mol. The summed E-state index contributed by atoms with van der Waals surface area (Å²) >= 11 is 0. The van der Waals surface area contributed by atoms with Gasteiger partial charge in [-0.2, -0.15) is 0 Å². The zero-order valence-electron chi connectivity index (χ0n) is 15.7. The Morgan fingerprint density at radius 2 is 2.00 bits per heavy atom. The van der Waals surface area contributed by atoms with E-state index in [0.717, 1.165) is 17.7 Å². The summed E-state index contributed by atoms with van der Waals surface area (Å²) in [6.07, 6.45) is 0.956. The molecule has 0 saturated carbocycles. The van der Waals surface area contributed by atoms with Crippen molar-refractivity contribution in [2.24, 2.45) is 5.92 Å². The summed E-state index contributed by atoms with van der Waals surface area (Å²) in [6, 6.07) is 11.8. The molecule has 0 unspecified atom stereocenters. The van der Waals surface area contributed by atoms with E-state index in [2.05, 4.69) is 5.32 Å². The highest BCUT2D eigenvalue weighted by Crippen LogP contribution is 2.31. The lowest BCUT2D eigenvalue weighted by molar-refractivity contribution is -0.383. The highest BCUT2D eigenvalue weighted by atomic mass is 16.6.